The van der Waals surface area contributed by atoms with Crippen molar-refractivity contribution in [2.75, 3.05) is 0 Å². The van der Waals surface area contributed by atoms with Crippen LogP contribution in [0.15, 0.2) is 42.6 Å². The summed E-state index contributed by atoms with van der Waals surface area (Å²) in [5.74, 6) is -0.365. The van der Waals surface area contributed by atoms with Crippen molar-refractivity contribution in [1.82, 2.24) is 4.98 Å². The second kappa shape index (κ2) is 5.42. The number of carbonyl (C=O) groups is 1. The van der Waals surface area contributed by atoms with E-state index in [4.69, 9.17) is 5.73 Å². The Bertz CT molecular complexity index is 621. The van der Waals surface area contributed by atoms with Crippen LogP contribution in [0.3, 0.4) is 0 Å². The maximum Gasteiger partial charge on any atom is 0.416 e. The Balaban J connectivity index is 2.29. The van der Waals surface area contributed by atoms with Gasteiger partial charge in [0.1, 0.15) is 0 Å². The molecule has 3 nitrogen and oxygen atoms in total. The number of carbonyl (C=O) groups excluding carboxylic acids is 1. The average molecular weight is 280 g/mol. The number of aromatic nitrogens is 1. The van der Waals surface area contributed by atoms with Crippen LogP contribution in [-0.2, 0) is 12.7 Å². The van der Waals surface area contributed by atoms with Gasteiger partial charge in [-0.2, -0.15) is 13.2 Å². The van der Waals surface area contributed by atoms with Gasteiger partial charge < -0.3 is 5.73 Å². The van der Waals surface area contributed by atoms with Gasteiger partial charge in [0.2, 0.25) is 0 Å². The van der Waals surface area contributed by atoms with Crippen molar-refractivity contribution in [3.05, 3.63) is 65.0 Å². The lowest BCUT2D eigenvalue weighted by Crippen LogP contribution is -2.08. The summed E-state index contributed by atoms with van der Waals surface area (Å²) in [6.07, 6.45) is -2.97. The van der Waals surface area contributed by atoms with Crippen molar-refractivity contribution < 1.29 is 18.0 Å². The van der Waals surface area contributed by atoms with Crippen LogP contribution in [0.1, 0.15) is 27.2 Å². The maximum atomic E-state index is 12.4. The molecule has 0 aliphatic carbocycles. The Labute approximate surface area is 113 Å². The third-order valence-electron chi connectivity index (χ3n) is 2.76. The van der Waals surface area contributed by atoms with Crippen LogP contribution in [0, 0.1) is 0 Å². The lowest BCUT2D eigenvalue weighted by molar-refractivity contribution is -0.137. The quantitative estimate of drug-likeness (QED) is 0.879. The zero-order valence-corrected chi connectivity index (χ0v) is 10.3. The summed E-state index contributed by atoms with van der Waals surface area (Å²) in [7, 11) is 0. The van der Waals surface area contributed by atoms with E-state index in [0.717, 1.165) is 24.3 Å². The van der Waals surface area contributed by atoms with Gasteiger partial charge in [0, 0.05) is 23.9 Å². The standard InChI is InChI=1S/C14H11F3N2O/c15-14(16,17)11-3-1-9(2-4-11)13(20)10-5-6-19-12(7-10)8-18/h1-7H,8,18H2. The largest absolute Gasteiger partial charge is 0.416 e. The summed E-state index contributed by atoms with van der Waals surface area (Å²) < 4.78 is 37.3. The number of nitrogens with zero attached hydrogens (tertiary/aromatic N) is 1. The molecular formula is C14H11F3N2O. The molecule has 1 aromatic carbocycles. The van der Waals surface area contributed by atoms with Gasteiger partial charge in [-0.1, -0.05) is 12.1 Å². The molecule has 0 saturated heterocycles. The number of hydrogen-bond donors (Lipinski definition) is 1. The van der Waals surface area contributed by atoms with Crippen LogP contribution in [-0.4, -0.2) is 10.8 Å². The van der Waals surface area contributed by atoms with Crippen molar-refractivity contribution in [2.45, 2.75) is 12.7 Å². The van der Waals surface area contributed by atoms with Crippen molar-refractivity contribution in [3.8, 4) is 0 Å². The Hall–Kier alpha value is -2.21. The Morgan fingerprint density at radius 3 is 2.30 bits per heavy atom. The first-order chi connectivity index (χ1) is 9.41. The van der Waals surface area contributed by atoms with Crippen LogP contribution in [0.2, 0.25) is 0 Å². The van der Waals surface area contributed by atoms with Gasteiger partial charge in [0.05, 0.1) is 11.3 Å². The SMILES string of the molecule is NCc1cc(C(=O)c2ccc(C(F)(F)F)cc2)ccn1. The maximum absolute atomic E-state index is 12.4. The molecule has 0 bridgehead atoms. The van der Waals surface area contributed by atoms with Crippen molar-refractivity contribution >= 4 is 5.78 Å². The summed E-state index contributed by atoms with van der Waals surface area (Å²) >= 11 is 0. The van der Waals surface area contributed by atoms with E-state index in [2.05, 4.69) is 4.98 Å². The van der Waals surface area contributed by atoms with E-state index in [9.17, 15) is 18.0 Å². The third kappa shape index (κ3) is 3.03. The van der Waals surface area contributed by atoms with Crippen LogP contribution < -0.4 is 5.73 Å². The molecule has 1 aromatic heterocycles. The average Bonchev–Trinajstić information content (AvgIpc) is 2.46. The van der Waals surface area contributed by atoms with Gasteiger partial charge in [-0.25, -0.2) is 0 Å². The zero-order valence-electron chi connectivity index (χ0n) is 10.3. The van der Waals surface area contributed by atoms with Gasteiger partial charge in [-0.15, -0.1) is 0 Å². The molecule has 0 aliphatic heterocycles. The molecule has 0 spiro atoms. The summed E-state index contributed by atoms with van der Waals surface area (Å²) in [5.41, 5.74) is 5.72. The van der Waals surface area contributed by atoms with Gasteiger partial charge >= 0.3 is 6.18 Å². The third-order valence-corrected chi connectivity index (χ3v) is 2.76. The van der Waals surface area contributed by atoms with Gasteiger partial charge in [0.15, 0.2) is 5.78 Å². The molecule has 2 N–H and O–H groups in total. The molecule has 0 aliphatic rings. The van der Waals surface area contributed by atoms with E-state index in [0.29, 0.717) is 11.3 Å². The minimum Gasteiger partial charge on any atom is -0.325 e. The lowest BCUT2D eigenvalue weighted by atomic mass is 10.0. The van der Waals surface area contributed by atoms with E-state index in [1.165, 1.54) is 18.3 Å². The van der Waals surface area contributed by atoms with Crippen LogP contribution in [0.5, 0.6) is 0 Å². The first-order valence-corrected chi connectivity index (χ1v) is 5.79. The summed E-state index contributed by atoms with van der Waals surface area (Å²) in [6.45, 7) is 0.189. The molecule has 0 atom stereocenters. The number of benzene rings is 1. The highest BCUT2D eigenvalue weighted by Crippen LogP contribution is 2.29. The van der Waals surface area contributed by atoms with Crippen LogP contribution in [0.25, 0.3) is 0 Å². The molecule has 1 heterocycles. The molecule has 0 radical (unpaired) electrons. The minimum absolute atomic E-state index is 0.187. The molecule has 20 heavy (non-hydrogen) atoms. The fraction of sp³-hybridized carbons (Fsp3) is 0.143. The number of halogens is 3. The van der Waals surface area contributed by atoms with Crippen LogP contribution in [0.4, 0.5) is 13.2 Å². The number of alkyl halides is 3. The van der Waals surface area contributed by atoms with E-state index in [1.54, 1.807) is 0 Å². The molecule has 2 rings (SSSR count). The lowest BCUT2D eigenvalue weighted by Gasteiger charge is -2.07. The summed E-state index contributed by atoms with van der Waals surface area (Å²) in [5, 5.41) is 0. The molecule has 0 unspecified atom stereocenters. The van der Waals surface area contributed by atoms with E-state index in [1.807, 2.05) is 0 Å². The molecule has 104 valence electrons. The Morgan fingerprint density at radius 2 is 1.75 bits per heavy atom. The smallest absolute Gasteiger partial charge is 0.325 e. The second-order valence-corrected chi connectivity index (χ2v) is 4.14. The Kier molecular flexibility index (Phi) is 3.85. The zero-order chi connectivity index (χ0) is 14.8. The second-order valence-electron chi connectivity index (χ2n) is 4.14. The topological polar surface area (TPSA) is 56.0 Å². The van der Waals surface area contributed by atoms with Gasteiger partial charge in [-0.05, 0) is 24.3 Å². The number of pyridine rings is 1. The molecule has 0 saturated carbocycles. The first-order valence-electron chi connectivity index (χ1n) is 5.79. The minimum atomic E-state index is -4.41. The molecule has 2 aromatic rings. The van der Waals surface area contributed by atoms with Gasteiger partial charge in [0.25, 0.3) is 0 Å². The highest BCUT2D eigenvalue weighted by molar-refractivity contribution is 6.08. The van der Waals surface area contributed by atoms with E-state index < -0.39 is 11.7 Å². The summed E-state index contributed by atoms with van der Waals surface area (Å²) in [4.78, 5) is 16.1. The highest BCUT2D eigenvalue weighted by Gasteiger charge is 2.30. The van der Waals surface area contributed by atoms with E-state index in [-0.39, 0.29) is 17.9 Å². The fourth-order valence-corrected chi connectivity index (χ4v) is 1.71. The van der Waals surface area contributed by atoms with Crippen LogP contribution >= 0.6 is 0 Å². The Morgan fingerprint density at radius 1 is 1.10 bits per heavy atom. The van der Waals surface area contributed by atoms with Gasteiger partial charge in [-0.3, -0.25) is 9.78 Å². The highest BCUT2D eigenvalue weighted by atomic mass is 19.4. The predicted molar refractivity (Wildman–Crippen MR) is 67.0 cm³/mol. The van der Waals surface area contributed by atoms with Crippen molar-refractivity contribution in [3.63, 3.8) is 0 Å². The number of nitrogens with two attached hydrogens (primary N) is 1. The molecule has 6 heteroatoms. The molecule has 0 fully saturated rings. The monoisotopic (exact) mass is 280 g/mol. The molecule has 0 amide bonds. The normalized spacial score (nSPS) is 11.4. The van der Waals surface area contributed by atoms with Crippen molar-refractivity contribution in [2.24, 2.45) is 5.73 Å². The number of ketones is 1. The number of rotatable bonds is 3. The molecular weight excluding hydrogens is 269 g/mol. The number of hydrogen-bond acceptors (Lipinski definition) is 3. The predicted octanol–water partition coefficient (Wildman–Crippen LogP) is 2.79. The summed E-state index contributed by atoms with van der Waals surface area (Å²) in [6, 6.07) is 7.12. The van der Waals surface area contributed by atoms with E-state index >= 15 is 0 Å². The first kappa shape index (κ1) is 14.2. The fourth-order valence-electron chi connectivity index (χ4n) is 1.71. The van der Waals surface area contributed by atoms with Crippen molar-refractivity contribution in [1.29, 1.82) is 0 Å².